The summed E-state index contributed by atoms with van der Waals surface area (Å²) >= 11 is 0. The second-order valence-electron chi connectivity index (χ2n) is 5.05. The molecule has 0 aromatic carbocycles. The molecule has 84 valence electrons. The number of hydrogen-bond donors (Lipinski definition) is 1. The summed E-state index contributed by atoms with van der Waals surface area (Å²) < 4.78 is 0. The maximum atomic E-state index is 12.0. The number of ketones is 1. The van der Waals surface area contributed by atoms with E-state index in [1.54, 1.807) is 0 Å². The highest BCUT2D eigenvalue weighted by Crippen LogP contribution is 2.31. The number of carbonyl (C=O) groups is 2. The van der Waals surface area contributed by atoms with Crippen LogP contribution < -0.4 is 0 Å². The standard InChI is InChI=1S/C12H18O3/c1-12(2,3)10(13)8-6-4-5-7-9(8)11(14)15/h4-7H2,1-3H3,(H,14,15). The van der Waals surface area contributed by atoms with Gasteiger partial charge in [0.1, 0.15) is 0 Å². The Kier molecular flexibility index (Phi) is 3.32. The Labute approximate surface area is 90.2 Å². The van der Waals surface area contributed by atoms with Gasteiger partial charge in [-0.1, -0.05) is 20.8 Å². The third-order valence-corrected chi connectivity index (χ3v) is 2.68. The van der Waals surface area contributed by atoms with E-state index in [0.29, 0.717) is 24.0 Å². The van der Waals surface area contributed by atoms with Gasteiger partial charge in [-0.15, -0.1) is 0 Å². The summed E-state index contributed by atoms with van der Waals surface area (Å²) in [4.78, 5) is 23.0. The minimum absolute atomic E-state index is 0.0143. The Morgan fingerprint density at radius 3 is 1.93 bits per heavy atom. The first-order valence-electron chi connectivity index (χ1n) is 5.34. The average molecular weight is 210 g/mol. The molecule has 0 atom stereocenters. The minimum Gasteiger partial charge on any atom is -0.478 e. The molecule has 0 amide bonds. The molecule has 0 fully saturated rings. The molecular formula is C12H18O3. The second-order valence-corrected chi connectivity index (χ2v) is 5.05. The lowest BCUT2D eigenvalue weighted by molar-refractivity contribution is -0.133. The number of carbonyl (C=O) groups excluding carboxylic acids is 1. The van der Waals surface area contributed by atoms with Gasteiger partial charge in [-0.25, -0.2) is 4.79 Å². The van der Waals surface area contributed by atoms with E-state index in [1.165, 1.54) is 0 Å². The van der Waals surface area contributed by atoms with Gasteiger partial charge in [-0.05, 0) is 25.7 Å². The van der Waals surface area contributed by atoms with Crippen LogP contribution in [-0.4, -0.2) is 16.9 Å². The van der Waals surface area contributed by atoms with Gasteiger partial charge in [-0.2, -0.15) is 0 Å². The highest BCUT2D eigenvalue weighted by Gasteiger charge is 2.30. The number of aliphatic carboxylic acids is 1. The lowest BCUT2D eigenvalue weighted by atomic mass is 9.79. The van der Waals surface area contributed by atoms with Gasteiger partial charge >= 0.3 is 5.97 Å². The van der Waals surface area contributed by atoms with Crippen LogP contribution in [0.3, 0.4) is 0 Å². The van der Waals surface area contributed by atoms with Gasteiger partial charge in [0.05, 0.1) is 0 Å². The maximum Gasteiger partial charge on any atom is 0.331 e. The molecule has 0 saturated carbocycles. The van der Waals surface area contributed by atoms with Gasteiger partial charge < -0.3 is 5.11 Å². The third kappa shape index (κ3) is 2.67. The maximum absolute atomic E-state index is 12.0. The average Bonchev–Trinajstić information content (AvgIpc) is 2.15. The number of carboxylic acid groups (broad SMARTS) is 1. The first-order valence-corrected chi connectivity index (χ1v) is 5.34. The fourth-order valence-corrected chi connectivity index (χ4v) is 1.84. The first-order chi connectivity index (χ1) is 6.84. The molecule has 0 unspecified atom stereocenters. The molecule has 0 aliphatic heterocycles. The van der Waals surface area contributed by atoms with Crippen molar-refractivity contribution in [2.75, 3.05) is 0 Å². The number of hydrogen-bond acceptors (Lipinski definition) is 2. The Morgan fingerprint density at radius 2 is 1.53 bits per heavy atom. The number of allylic oxidation sites excluding steroid dienone is 1. The molecule has 0 heterocycles. The summed E-state index contributed by atoms with van der Waals surface area (Å²) in [6, 6.07) is 0. The Bertz CT molecular complexity index is 318. The molecule has 1 rings (SSSR count). The molecule has 15 heavy (non-hydrogen) atoms. The van der Waals surface area contributed by atoms with Crippen molar-refractivity contribution in [3.8, 4) is 0 Å². The van der Waals surface area contributed by atoms with E-state index in [9.17, 15) is 9.59 Å². The lowest BCUT2D eigenvalue weighted by Crippen LogP contribution is -2.26. The summed E-state index contributed by atoms with van der Waals surface area (Å²) in [5.41, 5.74) is 0.398. The van der Waals surface area contributed by atoms with Crippen molar-refractivity contribution in [2.24, 2.45) is 5.41 Å². The molecule has 0 aromatic heterocycles. The van der Waals surface area contributed by atoms with Crippen LogP contribution in [0.5, 0.6) is 0 Å². The van der Waals surface area contributed by atoms with E-state index in [-0.39, 0.29) is 5.78 Å². The molecule has 3 heteroatoms. The predicted molar refractivity (Wildman–Crippen MR) is 57.6 cm³/mol. The van der Waals surface area contributed by atoms with Crippen LogP contribution in [0.2, 0.25) is 0 Å². The van der Waals surface area contributed by atoms with E-state index in [0.717, 1.165) is 12.8 Å². The fraction of sp³-hybridized carbons (Fsp3) is 0.667. The molecule has 1 aliphatic carbocycles. The normalized spacial score (nSPS) is 17.8. The Hall–Kier alpha value is -1.12. The van der Waals surface area contributed by atoms with Crippen LogP contribution in [-0.2, 0) is 9.59 Å². The highest BCUT2D eigenvalue weighted by atomic mass is 16.4. The third-order valence-electron chi connectivity index (χ3n) is 2.68. The first kappa shape index (κ1) is 12.0. The topological polar surface area (TPSA) is 54.4 Å². The molecule has 0 aromatic rings. The van der Waals surface area contributed by atoms with Crippen molar-refractivity contribution < 1.29 is 14.7 Å². The molecular weight excluding hydrogens is 192 g/mol. The zero-order valence-corrected chi connectivity index (χ0v) is 9.59. The monoisotopic (exact) mass is 210 g/mol. The van der Waals surface area contributed by atoms with Crippen molar-refractivity contribution in [1.29, 1.82) is 0 Å². The molecule has 3 nitrogen and oxygen atoms in total. The summed E-state index contributed by atoms with van der Waals surface area (Å²) in [5, 5.41) is 9.01. The van der Waals surface area contributed by atoms with Crippen molar-refractivity contribution in [3.05, 3.63) is 11.1 Å². The summed E-state index contributed by atoms with van der Waals surface area (Å²) in [7, 11) is 0. The van der Waals surface area contributed by atoms with Crippen molar-refractivity contribution >= 4 is 11.8 Å². The zero-order valence-electron chi connectivity index (χ0n) is 9.59. The molecule has 0 spiro atoms. The van der Waals surface area contributed by atoms with Crippen LogP contribution >= 0.6 is 0 Å². The number of Topliss-reactive ketones (excluding diaryl/α,β-unsaturated/α-hetero) is 1. The van der Waals surface area contributed by atoms with Crippen molar-refractivity contribution in [1.82, 2.24) is 0 Å². The van der Waals surface area contributed by atoms with E-state index >= 15 is 0 Å². The molecule has 0 bridgehead atoms. The SMILES string of the molecule is CC(C)(C)C(=O)C1=C(C(=O)O)CCCC1. The van der Waals surface area contributed by atoms with E-state index < -0.39 is 11.4 Å². The van der Waals surface area contributed by atoms with Crippen LogP contribution in [0, 0.1) is 5.41 Å². The largest absolute Gasteiger partial charge is 0.478 e. The Morgan fingerprint density at radius 1 is 1.07 bits per heavy atom. The molecule has 0 saturated heterocycles. The summed E-state index contributed by atoms with van der Waals surface area (Å²) in [5.74, 6) is -0.943. The predicted octanol–water partition coefficient (Wildman–Crippen LogP) is 2.56. The van der Waals surface area contributed by atoms with Crippen LogP contribution in [0.1, 0.15) is 46.5 Å². The van der Waals surface area contributed by atoms with Crippen molar-refractivity contribution in [2.45, 2.75) is 46.5 Å². The summed E-state index contributed by atoms with van der Waals surface area (Å²) in [6.45, 7) is 5.49. The van der Waals surface area contributed by atoms with Crippen LogP contribution in [0.15, 0.2) is 11.1 Å². The number of rotatable bonds is 2. The van der Waals surface area contributed by atoms with Crippen molar-refractivity contribution in [3.63, 3.8) is 0 Å². The smallest absolute Gasteiger partial charge is 0.331 e. The van der Waals surface area contributed by atoms with Crippen LogP contribution in [0.4, 0.5) is 0 Å². The lowest BCUT2D eigenvalue weighted by Gasteiger charge is -2.23. The van der Waals surface area contributed by atoms with E-state index in [4.69, 9.17) is 5.11 Å². The van der Waals surface area contributed by atoms with Gasteiger partial charge in [0.2, 0.25) is 0 Å². The highest BCUT2D eigenvalue weighted by molar-refractivity contribution is 6.05. The second kappa shape index (κ2) is 4.17. The molecule has 1 N–H and O–H groups in total. The fourth-order valence-electron chi connectivity index (χ4n) is 1.84. The minimum atomic E-state index is -0.928. The van der Waals surface area contributed by atoms with Gasteiger partial charge in [-0.3, -0.25) is 4.79 Å². The van der Waals surface area contributed by atoms with Crippen LogP contribution in [0.25, 0.3) is 0 Å². The van der Waals surface area contributed by atoms with Gasteiger partial charge in [0, 0.05) is 16.6 Å². The van der Waals surface area contributed by atoms with E-state index in [1.807, 2.05) is 20.8 Å². The summed E-state index contributed by atoms with van der Waals surface area (Å²) in [6.07, 6.45) is 2.96. The molecule has 1 aliphatic rings. The van der Waals surface area contributed by atoms with Gasteiger partial charge in [0.15, 0.2) is 5.78 Å². The number of carboxylic acids is 1. The quantitative estimate of drug-likeness (QED) is 0.762. The zero-order chi connectivity index (χ0) is 11.6. The molecule has 0 radical (unpaired) electrons. The Balaban J connectivity index is 3.08. The van der Waals surface area contributed by atoms with E-state index in [2.05, 4.69) is 0 Å². The van der Waals surface area contributed by atoms with Gasteiger partial charge in [0.25, 0.3) is 0 Å².